The Balaban J connectivity index is 3.42. The minimum absolute atomic E-state index is 0.250. The Kier molecular flexibility index (Phi) is 6.12. The SMILES string of the molecule is CC(C)C=C=CCCCC(=O)O. The van der Waals surface area contributed by atoms with Gasteiger partial charge in [0.25, 0.3) is 0 Å². The zero-order chi connectivity index (χ0) is 9.40. The van der Waals surface area contributed by atoms with Crippen molar-refractivity contribution in [3.05, 3.63) is 17.9 Å². The predicted molar refractivity (Wildman–Crippen MR) is 49.0 cm³/mol. The van der Waals surface area contributed by atoms with E-state index in [0.717, 1.165) is 6.42 Å². The van der Waals surface area contributed by atoms with Gasteiger partial charge in [0.2, 0.25) is 0 Å². The van der Waals surface area contributed by atoms with Crippen LogP contribution in [0.4, 0.5) is 0 Å². The average molecular weight is 168 g/mol. The Hall–Kier alpha value is -1.01. The molecule has 0 bridgehead atoms. The quantitative estimate of drug-likeness (QED) is 0.506. The van der Waals surface area contributed by atoms with Crippen molar-refractivity contribution in [3.63, 3.8) is 0 Å². The van der Waals surface area contributed by atoms with E-state index in [1.54, 1.807) is 0 Å². The van der Waals surface area contributed by atoms with Crippen molar-refractivity contribution < 1.29 is 9.90 Å². The largest absolute Gasteiger partial charge is 0.481 e. The zero-order valence-electron chi connectivity index (χ0n) is 7.71. The van der Waals surface area contributed by atoms with Crippen LogP contribution in [-0.2, 0) is 4.79 Å². The lowest BCUT2D eigenvalue weighted by Crippen LogP contribution is -1.92. The molecule has 0 spiro atoms. The molecule has 0 amide bonds. The summed E-state index contributed by atoms with van der Waals surface area (Å²) >= 11 is 0. The summed E-state index contributed by atoms with van der Waals surface area (Å²) in [7, 11) is 0. The summed E-state index contributed by atoms with van der Waals surface area (Å²) in [6, 6.07) is 0. The van der Waals surface area contributed by atoms with Gasteiger partial charge in [0.05, 0.1) is 0 Å². The van der Waals surface area contributed by atoms with Crippen LogP contribution in [0, 0.1) is 5.92 Å². The maximum absolute atomic E-state index is 10.1. The molecule has 1 N–H and O–H groups in total. The van der Waals surface area contributed by atoms with Gasteiger partial charge < -0.3 is 5.11 Å². The lowest BCUT2D eigenvalue weighted by atomic mass is 10.2. The highest BCUT2D eigenvalue weighted by Crippen LogP contribution is 1.96. The molecule has 0 aromatic heterocycles. The van der Waals surface area contributed by atoms with Crippen LogP contribution in [0.3, 0.4) is 0 Å². The monoisotopic (exact) mass is 168 g/mol. The summed E-state index contributed by atoms with van der Waals surface area (Å²) < 4.78 is 0. The van der Waals surface area contributed by atoms with Gasteiger partial charge in [-0.3, -0.25) is 4.79 Å². The normalized spacial score (nSPS) is 9.25. The third kappa shape index (κ3) is 8.99. The molecule has 0 fully saturated rings. The molecule has 0 saturated heterocycles. The van der Waals surface area contributed by atoms with E-state index < -0.39 is 5.97 Å². The van der Waals surface area contributed by atoms with Gasteiger partial charge in [-0.05, 0) is 30.9 Å². The molecule has 0 unspecified atom stereocenters. The molecule has 0 aliphatic carbocycles. The highest BCUT2D eigenvalue weighted by Gasteiger charge is 1.92. The van der Waals surface area contributed by atoms with Crippen molar-refractivity contribution in [2.75, 3.05) is 0 Å². The van der Waals surface area contributed by atoms with Crippen LogP contribution in [0.5, 0.6) is 0 Å². The molecule has 0 aromatic rings. The van der Waals surface area contributed by atoms with E-state index in [1.807, 2.05) is 12.2 Å². The number of aliphatic carboxylic acids is 1. The lowest BCUT2D eigenvalue weighted by molar-refractivity contribution is -0.137. The summed E-state index contributed by atoms with van der Waals surface area (Å²) in [6.45, 7) is 4.16. The van der Waals surface area contributed by atoms with Crippen LogP contribution < -0.4 is 0 Å². The Morgan fingerprint density at radius 2 is 2.25 bits per heavy atom. The standard InChI is InChI=1S/C10H16O2/c1-9(2)7-5-3-4-6-8-10(11)12/h3,7,9H,4,6,8H2,1-2H3,(H,11,12). The van der Waals surface area contributed by atoms with Crippen molar-refractivity contribution in [2.24, 2.45) is 5.92 Å². The highest BCUT2D eigenvalue weighted by atomic mass is 16.4. The predicted octanol–water partition coefficient (Wildman–Crippen LogP) is 2.61. The molecule has 0 aliphatic heterocycles. The molecule has 0 saturated carbocycles. The number of carbonyl (C=O) groups is 1. The van der Waals surface area contributed by atoms with Crippen LogP contribution in [0.1, 0.15) is 33.1 Å². The third-order valence-electron chi connectivity index (χ3n) is 1.29. The fraction of sp³-hybridized carbons (Fsp3) is 0.600. The van der Waals surface area contributed by atoms with Gasteiger partial charge >= 0.3 is 5.97 Å². The number of carboxylic acids is 1. The minimum Gasteiger partial charge on any atom is -0.481 e. The maximum Gasteiger partial charge on any atom is 0.303 e. The van der Waals surface area contributed by atoms with Crippen molar-refractivity contribution in [1.29, 1.82) is 0 Å². The van der Waals surface area contributed by atoms with E-state index in [-0.39, 0.29) is 6.42 Å². The van der Waals surface area contributed by atoms with Gasteiger partial charge in [0.15, 0.2) is 0 Å². The van der Waals surface area contributed by atoms with E-state index in [1.165, 1.54) is 0 Å². The van der Waals surface area contributed by atoms with Gasteiger partial charge in [0.1, 0.15) is 0 Å². The molecule has 0 radical (unpaired) electrons. The summed E-state index contributed by atoms with van der Waals surface area (Å²) in [5, 5.41) is 8.32. The molecular formula is C10H16O2. The van der Waals surface area contributed by atoms with Crippen LogP contribution in [-0.4, -0.2) is 11.1 Å². The molecule has 2 heteroatoms. The van der Waals surface area contributed by atoms with Crippen molar-refractivity contribution >= 4 is 5.97 Å². The first-order valence-electron chi connectivity index (χ1n) is 4.25. The van der Waals surface area contributed by atoms with E-state index in [4.69, 9.17) is 5.11 Å². The van der Waals surface area contributed by atoms with E-state index >= 15 is 0 Å². The number of allylic oxidation sites excluding steroid dienone is 1. The van der Waals surface area contributed by atoms with E-state index in [9.17, 15) is 4.79 Å². The number of rotatable bonds is 5. The van der Waals surface area contributed by atoms with Gasteiger partial charge in [0, 0.05) is 6.42 Å². The number of carboxylic acid groups (broad SMARTS) is 1. The molecule has 0 atom stereocenters. The van der Waals surface area contributed by atoms with Crippen LogP contribution >= 0.6 is 0 Å². The van der Waals surface area contributed by atoms with Gasteiger partial charge in [-0.15, -0.1) is 5.73 Å². The van der Waals surface area contributed by atoms with Crippen molar-refractivity contribution in [3.8, 4) is 0 Å². The lowest BCUT2D eigenvalue weighted by Gasteiger charge is -1.89. The smallest absolute Gasteiger partial charge is 0.303 e. The first-order chi connectivity index (χ1) is 5.63. The summed E-state index contributed by atoms with van der Waals surface area (Å²) in [4.78, 5) is 10.1. The maximum atomic E-state index is 10.1. The molecule has 68 valence electrons. The van der Waals surface area contributed by atoms with Crippen LogP contribution in [0.25, 0.3) is 0 Å². The summed E-state index contributed by atoms with van der Waals surface area (Å²) in [6.07, 6.45) is 5.62. The van der Waals surface area contributed by atoms with Gasteiger partial charge in [-0.2, -0.15) is 0 Å². The first kappa shape index (κ1) is 11.0. The molecule has 0 aliphatic rings. The number of hydrogen-bond acceptors (Lipinski definition) is 1. The van der Waals surface area contributed by atoms with E-state index in [2.05, 4.69) is 19.6 Å². The Bertz CT molecular complexity index is 186. The summed E-state index contributed by atoms with van der Waals surface area (Å²) in [5.41, 5.74) is 3.02. The first-order valence-corrected chi connectivity index (χ1v) is 4.25. The van der Waals surface area contributed by atoms with Crippen molar-refractivity contribution in [2.45, 2.75) is 33.1 Å². The second-order valence-corrected chi connectivity index (χ2v) is 3.07. The Morgan fingerprint density at radius 1 is 1.58 bits per heavy atom. The second kappa shape index (κ2) is 6.68. The average Bonchev–Trinajstić information content (AvgIpc) is 1.95. The molecule has 12 heavy (non-hydrogen) atoms. The zero-order valence-corrected chi connectivity index (χ0v) is 7.71. The fourth-order valence-electron chi connectivity index (χ4n) is 0.699. The Labute approximate surface area is 73.6 Å². The van der Waals surface area contributed by atoms with Crippen molar-refractivity contribution in [1.82, 2.24) is 0 Å². The van der Waals surface area contributed by atoms with Gasteiger partial charge in [-0.25, -0.2) is 0 Å². The number of hydrogen-bond donors (Lipinski definition) is 1. The molecule has 0 aromatic carbocycles. The second-order valence-electron chi connectivity index (χ2n) is 3.07. The molecule has 0 heterocycles. The molecule has 2 nitrogen and oxygen atoms in total. The van der Waals surface area contributed by atoms with E-state index in [0.29, 0.717) is 12.3 Å². The molecule has 0 rings (SSSR count). The molecular weight excluding hydrogens is 152 g/mol. The topological polar surface area (TPSA) is 37.3 Å². The fourth-order valence-corrected chi connectivity index (χ4v) is 0.699. The summed E-state index contributed by atoms with van der Waals surface area (Å²) in [5.74, 6) is -0.211. The third-order valence-corrected chi connectivity index (χ3v) is 1.29. The number of unbranched alkanes of at least 4 members (excludes halogenated alkanes) is 1. The minimum atomic E-state index is -0.726. The van der Waals surface area contributed by atoms with Crippen LogP contribution in [0.2, 0.25) is 0 Å². The van der Waals surface area contributed by atoms with Gasteiger partial charge in [-0.1, -0.05) is 13.8 Å². The highest BCUT2D eigenvalue weighted by molar-refractivity contribution is 5.66. The van der Waals surface area contributed by atoms with Crippen LogP contribution in [0.15, 0.2) is 17.9 Å². The Morgan fingerprint density at radius 3 is 2.75 bits per heavy atom.